The maximum atomic E-state index is 12.6. The van der Waals surface area contributed by atoms with Crippen LogP contribution in [0, 0.1) is 34.5 Å². The lowest BCUT2D eigenvalue weighted by Gasteiger charge is -2.60. The van der Waals surface area contributed by atoms with Gasteiger partial charge < -0.3 is 9.84 Å². The van der Waals surface area contributed by atoms with Gasteiger partial charge in [-0.15, -0.1) is 0 Å². The molecule has 0 aromatic carbocycles. The highest BCUT2D eigenvalue weighted by atomic mass is 16.5. The number of carboxylic acids is 1. The molecule has 0 unspecified atom stereocenters. The van der Waals surface area contributed by atoms with Gasteiger partial charge in [0.15, 0.2) is 5.78 Å². The van der Waals surface area contributed by atoms with Gasteiger partial charge in [-0.2, -0.15) is 0 Å². The molecule has 6 nitrogen and oxygen atoms in total. The fraction of sp³-hybridized carbons (Fsp3) is 0.760. The minimum Gasteiger partial charge on any atom is -0.481 e. The summed E-state index contributed by atoms with van der Waals surface area (Å²) >= 11 is 0. The highest BCUT2D eigenvalue weighted by Gasteiger charge is 2.63. The van der Waals surface area contributed by atoms with Crippen LogP contribution in [0.5, 0.6) is 0 Å². The highest BCUT2D eigenvalue weighted by Crippen LogP contribution is 2.67. The number of hydrogen-bond donors (Lipinski definition) is 1. The zero-order chi connectivity index (χ0) is 22.6. The van der Waals surface area contributed by atoms with Crippen LogP contribution in [-0.2, 0) is 23.9 Å². The summed E-state index contributed by atoms with van der Waals surface area (Å²) < 4.78 is 6.03. The van der Waals surface area contributed by atoms with Crippen LogP contribution in [-0.4, -0.2) is 34.7 Å². The van der Waals surface area contributed by atoms with Crippen molar-refractivity contribution in [3.63, 3.8) is 0 Å². The summed E-state index contributed by atoms with van der Waals surface area (Å²) in [6.45, 7) is 6.09. The lowest BCUT2D eigenvalue weighted by molar-refractivity contribution is -0.178. The third kappa shape index (κ3) is 3.66. The van der Waals surface area contributed by atoms with Gasteiger partial charge in [0.25, 0.3) is 0 Å². The molecule has 6 heteroatoms. The summed E-state index contributed by atoms with van der Waals surface area (Å²) in [6, 6.07) is 0. The minimum absolute atomic E-state index is 0.0173. The number of hydrogen-bond acceptors (Lipinski definition) is 5. The maximum Gasteiger partial charge on any atom is 0.306 e. The summed E-state index contributed by atoms with van der Waals surface area (Å²) in [5, 5.41) is 8.95. The molecule has 4 rings (SSSR count). The van der Waals surface area contributed by atoms with E-state index in [0.717, 1.165) is 32.1 Å². The Labute approximate surface area is 183 Å². The van der Waals surface area contributed by atoms with E-state index in [4.69, 9.17) is 9.84 Å². The molecule has 0 spiro atoms. The average molecular weight is 431 g/mol. The zero-order valence-corrected chi connectivity index (χ0v) is 18.8. The van der Waals surface area contributed by atoms with Crippen LogP contribution in [0.25, 0.3) is 0 Å². The second kappa shape index (κ2) is 7.86. The number of Topliss-reactive ketones (excluding diaryl/α,β-unsaturated/α-hetero) is 1. The number of esters is 1. The van der Waals surface area contributed by atoms with Crippen LogP contribution in [0.1, 0.15) is 78.6 Å². The molecule has 0 aliphatic heterocycles. The Kier molecular flexibility index (Phi) is 5.63. The number of ketones is 2. The van der Waals surface area contributed by atoms with E-state index in [-0.39, 0.29) is 53.2 Å². The Morgan fingerprint density at radius 1 is 1.13 bits per heavy atom. The van der Waals surface area contributed by atoms with Crippen LogP contribution in [0.2, 0.25) is 0 Å². The predicted octanol–water partition coefficient (Wildman–Crippen LogP) is 4.11. The molecule has 0 aromatic rings. The molecular weight excluding hydrogens is 396 g/mol. The SMILES string of the molecule is CC(=O)[C@H]1CC[C@H]2[C@@H]3CCC4=CC(=O)CC[C@]4(C)[C@H]3[C@H](OC(=O)CCC(=O)O)C[C@@]12C. The molecule has 7 atom stereocenters. The number of aliphatic carboxylic acids is 1. The lowest BCUT2D eigenvalue weighted by Crippen LogP contribution is -2.58. The maximum absolute atomic E-state index is 12.6. The minimum atomic E-state index is -1.02. The van der Waals surface area contributed by atoms with Crippen molar-refractivity contribution in [2.45, 2.75) is 84.7 Å². The quantitative estimate of drug-likeness (QED) is 0.659. The molecule has 3 saturated carbocycles. The van der Waals surface area contributed by atoms with E-state index in [9.17, 15) is 19.2 Å². The van der Waals surface area contributed by atoms with Crippen LogP contribution in [0.3, 0.4) is 0 Å². The zero-order valence-electron chi connectivity index (χ0n) is 18.8. The van der Waals surface area contributed by atoms with Crippen LogP contribution in [0.15, 0.2) is 11.6 Å². The molecule has 1 N–H and O–H groups in total. The highest BCUT2D eigenvalue weighted by molar-refractivity contribution is 5.91. The monoisotopic (exact) mass is 430 g/mol. The van der Waals surface area contributed by atoms with Crippen molar-refractivity contribution in [2.24, 2.45) is 34.5 Å². The van der Waals surface area contributed by atoms with Crippen molar-refractivity contribution in [3.8, 4) is 0 Å². The third-order valence-electron chi connectivity index (χ3n) is 9.19. The number of fused-ring (bicyclic) bond motifs is 5. The van der Waals surface area contributed by atoms with E-state index in [0.29, 0.717) is 24.7 Å². The molecule has 0 saturated heterocycles. The summed E-state index contributed by atoms with van der Waals surface area (Å²) in [5.74, 6) is -0.248. The summed E-state index contributed by atoms with van der Waals surface area (Å²) in [4.78, 5) is 48.1. The molecule has 4 aliphatic carbocycles. The summed E-state index contributed by atoms with van der Waals surface area (Å²) in [5.41, 5.74) is 0.790. The fourth-order valence-electron chi connectivity index (χ4n) is 7.87. The van der Waals surface area contributed by atoms with Crippen molar-refractivity contribution >= 4 is 23.5 Å². The first-order chi connectivity index (χ1) is 14.6. The number of carboxylic acid groups (broad SMARTS) is 1. The number of allylic oxidation sites excluding steroid dienone is 1. The van der Waals surface area contributed by atoms with Crippen molar-refractivity contribution in [1.29, 1.82) is 0 Å². The Hall–Kier alpha value is -1.98. The van der Waals surface area contributed by atoms with E-state index in [2.05, 4.69) is 13.8 Å². The largest absolute Gasteiger partial charge is 0.481 e. The van der Waals surface area contributed by atoms with Gasteiger partial charge >= 0.3 is 11.9 Å². The second-order valence-corrected chi connectivity index (χ2v) is 10.8. The third-order valence-corrected chi connectivity index (χ3v) is 9.19. The molecule has 0 bridgehead atoms. The molecule has 31 heavy (non-hydrogen) atoms. The Morgan fingerprint density at radius 3 is 2.55 bits per heavy atom. The Balaban J connectivity index is 1.70. The van der Waals surface area contributed by atoms with Gasteiger partial charge in [0.2, 0.25) is 0 Å². The van der Waals surface area contributed by atoms with Gasteiger partial charge in [0, 0.05) is 18.3 Å². The van der Waals surface area contributed by atoms with Crippen LogP contribution >= 0.6 is 0 Å². The molecule has 3 fully saturated rings. The van der Waals surface area contributed by atoms with E-state index in [1.54, 1.807) is 6.92 Å². The first-order valence-corrected chi connectivity index (χ1v) is 11.7. The van der Waals surface area contributed by atoms with Crippen molar-refractivity contribution < 1.29 is 29.0 Å². The van der Waals surface area contributed by atoms with Crippen molar-refractivity contribution in [3.05, 3.63) is 11.6 Å². The van der Waals surface area contributed by atoms with Gasteiger partial charge in [-0.25, -0.2) is 0 Å². The lowest BCUT2D eigenvalue weighted by atomic mass is 9.46. The Bertz CT molecular complexity index is 843. The first kappa shape index (κ1) is 22.2. The summed E-state index contributed by atoms with van der Waals surface area (Å²) in [6.07, 6.45) is 6.75. The molecule has 0 aromatic heterocycles. The molecule has 0 heterocycles. The van der Waals surface area contributed by atoms with Gasteiger partial charge in [-0.1, -0.05) is 19.4 Å². The topological polar surface area (TPSA) is 97.7 Å². The van der Waals surface area contributed by atoms with Gasteiger partial charge in [-0.05, 0) is 74.2 Å². The summed E-state index contributed by atoms with van der Waals surface area (Å²) in [7, 11) is 0. The number of carbonyl (C=O) groups excluding carboxylic acids is 3. The molecule has 4 aliphatic rings. The van der Waals surface area contributed by atoms with Crippen molar-refractivity contribution in [2.75, 3.05) is 0 Å². The average Bonchev–Trinajstić information content (AvgIpc) is 3.03. The van der Waals surface area contributed by atoms with E-state index in [1.807, 2.05) is 6.08 Å². The first-order valence-electron chi connectivity index (χ1n) is 11.7. The molecule has 170 valence electrons. The van der Waals surface area contributed by atoms with E-state index >= 15 is 0 Å². The van der Waals surface area contributed by atoms with E-state index < -0.39 is 11.9 Å². The smallest absolute Gasteiger partial charge is 0.306 e. The van der Waals surface area contributed by atoms with Crippen LogP contribution < -0.4 is 0 Å². The Morgan fingerprint density at radius 2 is 1.87 bits per heavy atom. The van der Waals surface area contributed by atoms with Gasteiger partial charge in [-0.3, -0.25) is 19.2 Å². The normalized spacial score (nSPS) is 41.5. The second-order valence-electron chi connectivity index (χ2n) is 10.8. The number of ether oxygens (including phenoxy) is 1. The molecule has 0 amide bonds. The molecular formula is C25H34O6. The fourth-order valence-corrected chi connectivity index (χ4v) is 7.87. The predicted molar refractivity (Wildman–Crippen MR) is 113 cm³/mol. The van der Waals surface area contributed by atoms with E-state index in [1.165, 1.54) is 5.57 Å². The van der Waals surface area contributed by atoms with Gasteiger partial charge in [0.1, 0.15) is 11.9 Å². The molecule has 0 radical (unpaired) electrons. The van der Waals surface area contributed by atoms with Gasteiger partial charge in [0.05, 0.1) is 12.8 Å². The number of carbonyl (C=O) groups is 4. The van der Waals surface area contributed by atoms with Crippen LogP contribution in [0.4, 0.5) is 0 Å². The number of rotatable bonds is 5. The standard InChI is InChI=1S/C25H34O6/c1-14(26)18-6-7-19-17-5-4-15-12-16(27)10-11-24(15,2)23(17)20(13-25(18,19)3)31-22(30)9-8-21(28)29/h12,17-20,23H,4-11,13H2,1-3H3,(H,28,29)/t17-,18+,19-,20+,23+,24-,25-/m0/s1. The van der Waals surface area contributed by atoms with Crippen molar-refractivity contribution in [1.82, 2.24) is 0 Å².